The molecule has 1 saturated carbocycles. The fourth-order valence-electron chi connectivity index (χ4n) is 4.72. The molecule has 4 rings (SSSR count). The fraction of sp³-hybridized carbons (Fsp3) is 0.483. The van der Waals surface area contributed by atoms with E-state index in [2.05, 4.69) is 23.6 Å². The molecule has 0 atom stereocenters. The predicted octanol–water partition coefficient (Wildman–Crippen LogP) is 5.81. The van der Waals surface area contributed by atoms with Crippen molar-refractivity contribution >= 4 is 28.6 Å². The Morgan fingerprint density at radius 1 is 0.944 bits per heavy atom. The van der Waals surface area contributed by atoms with Gasteiger partial charge in [-0.25, -0.2) is 4.98 Å². The standard InChI is InChI=1S/C29H39N5O2/c1-4-5-6-9-20-36-24-18-12-21(13-19-24)28(35)30-22-14-16-23(17-15-22)31-29-32-26-11-8-7-10-25(26)27(33-29)34(2)3/h7-8,10-13,18-19,22-23H,4-6,9,14-17,20H2,1-3H3,(H,30,35)(H,31,32,33). The zero-order valence-electron chi connectivity index (χ0n) is 21.8. The first kappa shape index (κ1) is 25.7. The number of hydrogen-bond acceptors (Lipinski definition) is 6. The smallest absolute Gasteiger partial charge is 0.251 e. The molecular weight excluding hydrogens is 450 g/mol. The van der Waals surface area contributed by atoms with E-state index in [1.807, 2.05) is 61.5 Å². The van der Waals surface area contributed by atoms with Crippen LogP contribution in [0.25, 0.3) is 10.9 Å². The number of carbonyl (C=O) groups is 1. The van der Waals surface area contributed by atoms with Crippen LogP contribution in [0.2, 0.25) is 0 Å². The van der Waals surface area contributed by atoms with Gasteiger partial charge in [-0.15, -0.1) is 0 Å². The van der Waals surface area contributed by atoms with E-state index in [9.17, 15) is 4.79 Å². The van der Waals surface area contributed by atoms with E-state index in [0.29, 0.717) is 17.6 Å². The monoisotopic (exact) mass is 489 g/mol. The highest BCUT2D eigenvalue weighted by molar-refractivity contribution is 5.94. The maximum Gasteiger partial charge on any atom is 0.251 e. The number of benzene rings is 2. The summed E-state index contributed by atoms with van der Waals surface area (Å²) >= 11 is 0. The van der Waals surface area contributed by atoms with E-state index >= 15 is 0 Å². The number of anilines is 2. The molecule has 0 unspecified atom stereocenters. The summed E-state index contributed by atoms with van der Waals surface area (Å²) in [5.74, 6) is 2.38. The minimum atomic E-state index is -0.0191. The number of unbranched alkanes of at least 4 members (excludes halogenated alkanes) is 3. The molecule has 7 nitrogen and oxygen atoms in total. The Bertz CT molecular complexity index is 1120. The molecule has 1 fully saturated rings. The van der Waals surface area contributed by atoms with Crippen molar-refractivity contribution in [1.29, 1.82) is 0 Å². The Balaban J connectivity index is 1.25. The Morgan fingerprint density at radius 3 is 2.39 bits per heavy atom. The Kier molecular flexibility index (Phi) is 8.98. The van der Waals surface area contributed by atoms with Crippen LogP contribution in [0.1, 0.15) is 68.6 Å². The van der Waals surface area contributed by atoms with Crippen molar-refractivity contribution < 1.29 is 9.53 Å². The summed E-state index contributed by atoms with van der Waals surface area (Å²) in [7, 11) is 4.00. The molecule has 1 aromatic heterocycles. The van der Waals surface area contributed by atoms with Crippen molar-refractivity contribution in [3.8, 4) is 5.75 Å². The lowest BCUT2D eigenvalue weighted by Gasteiger charge is -2.30. The second kappa shape index (κ2) is 12.6. The first-order valence-corrected chi connectivity index (χ1v) is 13.3. The van der Waals surface area contributed by atoms with Crippen LogP contribution in [0.5, 0.6) is 5.75 Å². The lowest BCUT2D eigenvalue weighted by molar-refractivity contribution is 0.0926. The average Bonchev–Trinajstić information content (AvgIpc) is 2.89. The molecule has 36 heavy (non-hydrogen) atoms. The number of nitrogens with zero attached hydrogens (tertiary/aromatic N) is 3. The van der Waals surface area contributed by atoms with Crippen LogP contribution in [0.4, 0.5) is 11.8 Å². The summed E-state index contributed by atoms with van der Waals surface area (Å²) in [6, 6.07) is 16.0. The fourth-order valence-corrected chi connectivity index (χ4v) is 4.72. The summed E-state index contributed by atoms with van der Waals surface area (Å²) < 4.78 is 5.79. The summed E-state index contributed by atoms with van der Waals surface area (Å²) in [4.78, 5) is 24.3. The molecule has 3 aromatic rings. The van der Waals surface area contributed by atoms with Gasteiger partial charge in [0.1, 0.15) is 11.6 Å². The number of aromatic nitrogens is 2. The van der Waals surface area contributed by atoms with Gasteiger partial charge in [-0.05, 0) is 68.5 Å². The number of nitrogens with one attached hydrogen (secondary N) is 2. The van der Waals surface area contributed by atoms with Crippen LogP contribution >= 0.6 is 0 Å². The number of rotatable bonds is 11. The van der Waals surface area contributed by atoms with Gasteiger partial charge in [-0.1, -0.05) is 38.3 Å². The first-order valence-electron chi connectivity index (χ1n) is 13.3. The van der Waals surface area contributed by atoms with Gasteiger partial charge in [0.05, 0.1) is 12.1 Å². The summed E-state index contributed by atoms with van der Waals surface area (Å²) in [6.45, 7) is 2.93. The Hall–Kier alpha value is -3.35. The quantitative estimate of drug-likeness (QED) is 0.331. The zero-order chi connectivity index (χ0) is 25.3. The van der Waals surface area contributed by atoms with Crippen molar-refractivity contribution in [3.63, 3.8) is 0 Å². The molecular formula is C29H39N5O2. The second-order valence-corrected chi connectivity index (χ2v) is 9.88. The molecule has 0 saturated heterocycles. The number of hydrogen-bond donors (Lipinski definition) is 2. The number of fused-ring (bicyclic) bond motifs is 1. The van der Waals surface area contributed by atoms with Crippen LogP contribution in [-0.2, 0) is 0 Å². The maximum atomic E-state index is 12.8. The van der Waals surface area contributed by atoms with E-state index in [1.54, 1.807) is 0 Å². The van der Waals surface area contributed by atoms with Gasteiger partial charge in [0.2, 0.25) is 5.95 Å². The van der Waals surface area contributed by atoms with Gasteiger partial charge in [0.15, 0.2) is 0 Å². The molecule has 2 N–H and O–H groups in total. The van der Waals surface area contributed by atoms with Gasteiger partial charge in [0.25, 0.3) is 5.91 Å². The van der Waals surface area contributed by atoms with Gasteiger partial charge >= 0.3 is 0 Å². The highest BCUT2D eigenvalue weighted by atomic mass is 16.5. The van der Waals surface area contributed by atoms with E-state index < -0.39 is 0 Å². The molecule has 192 valence electrons. The SMILES string of the molecule is CCCCCCOc1ccc(C(=O)NC2CCC(Nc3nc(N(C)C)c4ccccc4n3)CC2)cc1. The maximum absolute atomic E-state index is 12.8. The Labute approximate surface area is 214 Å². The lowest BCUT2D eigenvalue weighted by Crippen LogP contribution is -2.40. The van der Waals surface area contributed by atoms with Crippen molar-refractivity contribution in [2.75, 3.05) is 30.9 Å². The van der Waals surface area contributed by atoms with E-state index in [0.717, 1.165) is 61.2 Å². The van der Waals surface area contributed by atoms with Gasteiger partial charge < -0.3 is 20.3 Å². The molecule has 7 heteroatoms. The predicted molar refractivity (Wildman–Crippen MR) is 147 cm³/mol. The Morgan fingerprint density at radius 2 is 1.67 bits per heavy atom. The normalized spacial score (nSPS) is 17.5. The summed E-state index contributed by atoms with van der Waals surface area (Å²) in [5.41, 5.74) is 1.61. The lowest BCUT2D eigenvalue weighted by atomic mass is 9.91. The molecule has 1 aliphatic rings. The average molecular weight is 490 g/mol. The highest BCUT2D eigenvalue weighted by Gasteiger charge is 2.24. The molecule has 1 amide bonds. The van der Waals surface area contributed by atoms with E-state index in [1.165, 1.54) is 19.3 Å². The topological polar surface area (TPSA) is 79.4 Å². The van der Waals surface area contributed by atoms with Crippen LogP contribution < -0.4 is 20.3 Å². The molecule has 0 radical (unpaired) electrons. The first-order chi connectivity index (χ1) is 17.5. The van der Waals surface area contributed by atoms with E-state index in [4.69, 9.17) is 14.7 Å². The zero-order valence-corrected chi connectivity index (χ0v) is 21.8. The van der Waals surface area contributed by atoms with Crippen LogP contribution in [-0.4, -0.2) is 48.7 Å². The second-order valence-electron chi connectivity index (χ2n) is 9.88. The molecule has 0 aliphatic heterocycles. The minimum Gasteiger partial charge on any atom is -0.494 e. The highest BCUT2D eigenvalue weighted by Crippen LogP contribution is 2.26. The number of ether oxygens (including phenoxy) is 1. The molecule has 0 bridgehead atoms. The molecule has 0 spiro atoms. The number of carbonyl (C=O) groups excluding carboxylic acids is 1. The van der Waals surface area contributed by atoms with Crippen molar-refractivity contribution in [1.82, 2.24) is 15.3 Å². The van der Waals surface area contributed by atoms with Crippen LogP contribution in [0.3, 0.4) is 0 Å². The minimum absolute atomic E-state index is 0.0191. The van der Waals surface area contributed by atoms with Crippen LogP contribution in [0.15, 0.2) is 48.5 Å². The molecule has 2 aromatic carbocycles. The third kappa shape index (κ3) is 6.86. The number of amides is 1. The third-order valence-electron chi connectivity index (χ3n) is 6.79. The van der Waals surface area contributed by atoms with Crippen molar-refractivity contribution in [2.24, 2.45) is 0 Å². The van der Waals surface area contributed by atoms with Gasteiger partial charge in [-0.3, -0.25) is 4.79 Å². The molecule has 1 heterocycles. The van der Waals surface area contributed by atoms with E-state index in [-0.39, 0.29) is 11.9 Å². The largest absolute Gasteiger partial charge is 0.494 e. The summed E-state index contributed by atoms with van der Waals surface area (Å²) in [5, 5.41) is 7.79. The summed E-state index contributed by atoms with van der Waals surface area (Å²) in [6.07, 6.45) is 8.51. The van der Waals surface area contributed by atoms with Crippen molar-refractivity contribution in [3.05, 3.63) is 54.1 Å². The van der Waals surface area contributed by atoms with Gasteiger partial charge in [-0.2, -0.15) is 4.98 Å². The van der Waals surface area contributed by atoms with Crippen molar-refractivity contribution in [2.45, 2.75) is 70.4 Å². The number of para-hydroxylation sites is 1. The molecule has 1 aliphatic carbocycles. The van der Waals surface area contributed by atoms with Crippen LogP contribution in [0, 0.1) is 0 Å². The van der Waals surface area contributed by atoms with Gasteiger partial charge in [0, 0.05) is 37.1 Å². The third-order valence-corrected chi connectivity index (χ3v) is 6.79.